The molecule has 0 fully saturated rings. The first-order valence-electron chi connectivity index (χ1n) is 13.7. The molecule has 0 aliphatic heterocycles. The van der Waals surface area contributed by atoms with Crippen molar-refractivity contribution in [3.05, 3.63) is 125 Å². The number of rotatable bonds is 13. The molecule has 2 N–H and O–H groups in total. The van der Waals surface area contributed by atoms with Gasteiger partial charge in [0, 0.05) is 6.54 Å². The van der Waals surface area contributed by atoms with Gasteiger partial charge >= 0.3 is 0 Å². The Kier molecular flexibility index (Phi) is 10.7. The van der Waals surface area contributed by atoms with Crippen LogP contribution in [0.5, 0.6) is 5.75 Å². The van der Waals surface area contributed by atoms with Crippen molar-refractivity contribution in [2.24, 2.45) is 5.10 Å². The largest absolute Gasteiger partial charge is 0.484 e. The van der Waals surface area contributed by atoms with Crippen LogP contribution in [-0.4, -0.2) is 46.1 Å². The van der Waals surface area contributed by atoms with Crippen LogP contribution < -0.4 is 19.8 Å². The lowest BCUT2D eigenvalue weighted by Crippen LogP contribution is -2.39. The van der Waals surface area contributed by atoms with Crippen molar-refractivity contribution in [2.45, 2.75) is 25.2 Å². The Balaban J connectivity index is 1.31. The normalized spacial score (nSPS) is 11.2. The minimum atomic E-state index is -4.02. The first-order valence-corrected chi connectivity index (χ1v) is 15.2. The summed E-state index contributed by atoms with van der Waals surface area (Å²) < 4.78 is 33.6. The highest BCUT2D eigenvalue weighted by molar-refractivity contribution is 7.92. The molecule has 43 heavy (non-hydrogen) atoms. The Morgan fingerprint density at radius 1 is 0.837 bits per heavy atom. The van der Waals surface area contributed by atoms with Crippen molar-refractivity contribution in [3.63, 3.8) is 0 Å². The Morgan fingerprint density at radius 3 is 2.12 bits per heavy atom. The van der Waals surface area contributed by atoms with Crippen molar-refractivity contribution in [1.82, 2.24) is 10.7 Å². The minimum Gasteiger partial charge on any atom is -0.484 e. The van der Waals surface area contributed by atoms with E-state index in [1.54, 1.807) is 54.6 Å². The summed E-state index contributed by atoms with van der Waals surface area (Å²) in [5.41, 5.74) is 6.36. The Morgan fingerprint density at radius 2 is 1.47 bits per heavy atom. The van der Waals surface area contributed by atoms with E-state index in [1.807, 2.05) is 50.2 Å². The standard InChI is InChI=1S/C33H34N4O5S/c1-25-19-26(2)21-29(20-25)37(43(40,41)31-11-7-4-8-12-31)23-32(38)36-35-22-28-13-15-30(16-14-28)42-24-33(39)34-18-17-27-9-5-3-6-10-27/h3-16,19-22H,17-18,23-24H2,1-2H3,(H,34,39)(H,36,38)/b35-22-. The zero-order chi connectivity index (χ0) is 30.7. The predicted molar refractivity (Wildman–Crippen MR) is 168 cm³/mol. The van der Waals surface area contributed by atoms with Crippen LogP contribution in [-0.2, 0) is 26.0 Å². The summed E-state index contributed by atoms with van der Waals surface area (Å²) in [4.78, 5) is 25.0. The van der Waals surface area contributed by atoms with E-state index >= 15 is 0 Å². The molecule has 0 radical (unpaired) electrons. The van der Waals surface area contributed by atoms with Gasteiger partial charge in [-0.05, 0) is 91.1 Å². The van der Waals surface area contributed by atoms with Gasteiger partial charge in [-0.15, -0.1) is 0 Å². The zero-order valence-electron chi connectivity index (χ0n) is 24.1. The lowest BCUT2D eigenvalue weighted by molar-refractivity contribution is -0.123. The lowest BCUT2D eigenvalue weighted by Gasteiger charge is -2.24. The van der Waals surface area contributed by atoms with Gasteiger partial charge in [-0.25, -0.2) is 13.8 Å². The number of carbonyl (C=O) groups is 2. The van der Waals surface area contributed by atoms with Gasteiger partial charge in [-0.1, -0.05) is 54.6 Å². The summed E-state index contributed by atoms with van der Waals surface area (Å²) in [5.74, 6) is -0.309. The number of nitrogens with one attached hydrogen (secondary N) is 2. The molecule has 0 atom stereocenters. The number of amides is 2. The van der Waals surface area contributed by atoms with Crippen LogP contribution in [0, 0.1) is 13.8 Å². The molecular weight excluding hydrogens is 564 g/mol. The Hall–Kier alpha value is -4.96. The zero-order valence-corrected chi connectivity index (χ0v) is 24.9. The maximum atomic E-state index is 13.5. The summed E-state index contributed by atoms with van der Waals surface area (Å²) in [6, 6.07) is 30.1. The molecule has 10 heteroatoms. The second-order valence-corrected chi connectivity index (χ2v) is 11.8. The van der Waals surface area contributed by atoms with Gasteiger partial charge < -0.3 is 10.1 Å². The van der Waals surface area contributed by atoms with Crippen molar-refractivity contribution in [2.75, 3.05) is 24.0 Å². The van der Waals surface area contributed by atoms with Crippen molar-refractivity contribution in [3.8, 4) is 5.75 Å². The van der Waals surface area contributed by atoms with Gasteiger partial charge in [0.15, 0.2) is 6.61 Å². The number of anilines is 1. The van der Waals surface area contributed by atoms with Gasteiger partial charge in [-0.2, -0.15) is 5.10 Å². The van der Waals surface area contributed by atoms with Crippen LogP contribution in [0.25, 0.3) is 0 Å². The van der Waals surface area contributed by atoms with Crippen LogP contribution in [0.2, 0.25) is 0 Å². The quantitative estimate of drug-likeness (QED) is 0.175. The smallest absolute Gasteiger partial charge is 0.264 e. The van der Waals surface area contributed by atoms with Gasteiger partial charge in [0.2, 0.25) is 0 Å². The molecule has 0 heterocycles. The molecule has 9 nitrogen and oxygen atoms in total. The van der Waals surface area contributed by atoms with Crippen LogP contribution in [0.3, 0.4) is 0 Å². The highest BCUT2D eigenvalue weighted by Crippen LogP contribution is 2.25. The lowest BCUT2D eigenvalue weighted by atomic mass is 10.1. The summed E-state index contributed by atoms with van der Waals surface area (Å²) in [7, 11) is -4.02. The fraction of sp³-hybridized carbons (Fsp3) is 0.182. The van der Waals surface area contributed by atoms with E-state index in [0.29, 0.717) is 23.5 Å². The topological polar surface area (TPSA) is 117 Å². The number of aryl methyl sites for hydroxylation is 2. The van der Waals surface area contributed by atoms with Gasteiger partial charge in [0.1, 0.15) is 12.3 Å². The number of nitrogens with zero attached hydrogens (tertiary/aromatic N) is 2. The van der Waals surface area contributed by atoms with Crippen molar-refractivity contribution < 1.29 is 22.7 Å². The number of hydrazone groups is 1. The van der Waals surface area contributed by atoms with E-state index in [4.69, 9.17) is 4.74 Å². The fourth-order valence-electron chi connectivity index (χ4n) is 4.31. The van der Waals surface area contributed by atoms with Gasteiger partial charge in [-0.3, -0.25) is 13.9 Å². The molecule has 4 aromatic carbocycles. The van der Waals surface area contributed by atoms with Crippen molar-refractivity contribution in [1.29, 1.82) is 0 Å². The third-order valence-electron chi connectivity index (χ3n) is 6.34. The highest BCUT2D eigenvalue weighted by Gasteiger charge is 2.27. The third-order valence-corrected chi connectivity index (χ3v) is 8.13. The van der Waals surface area contributed by atoms with Crippen LogP contribution in [0.15, 0.2) is 113 Å². The molecule has 0 saturated heterocycles. The second kappa shape index (κ2) is 14.8. The molecule has 0 saturated carbocycles. The predicted octanol–water partition coefficient (Wildman–Crippen LogP) is 4.39. The van der Waals surface area contributed by atoms with Crippen LogP contribution in [0.1, 0.15) is 22.3 Å². The molecule has 2 amide bonds. The van der Waals surface area contributed by atoms with Crippen LogP contribution >= 0.6 is 0 Å². The van der Waals surface area contributed by atoms with E-state index in [2.05, 4.69) is 15.8 Å². The van der Waals surface area contributed by atoms with E-state index in [0.717, 1.165) is 27.4 Å². The van der Waals surface area contributed by atoms with E-state index in [1.165, 1.54) is 18.3 Å². The maximum absolute atomic E-state index is 13.5. The highest BCUT2D eigenvalue weighted by atomic mass is 32.2. The van der Waals surface area contributed by atoms with E-state index < -0.39 is 22.5 Å². The first-order chi connectivity index (χ1) is 20.7. The minimum absolute atomic E-state index is 0.0810. The monoisotopic (exact) mass is 598 g/mol. The average Bonchev–Trinajstić information content (AvgIpc) is 3.00. The molecule has 4 rings (SSSR count). The molecule has 0 bridgehead atoms. The van der Waals surface area contributed by atoms with Crippen molar-refractivity contribution >= 4 is 33.7 Å². The number of ether oxygens (including phenoxy) is 1. The van der Waals surface area contributed by atoms with Gasteiger partial charge in [0.05, 0.1) is 16.8 Å². The van der Waals surface area contributed by atoms with E-state index in [9.17, 15) is 18.0 Å². The van der Waals surface area contributed by atoms with Gasteiger partial charge in [0.25, 0.3) is 21.8 Å². The Labute approximate surface area is 252 Å². The first kappa shape index (κ1) is 31.0. The molecule has 4 aromatic rings. The SMILES string of the molecule is Cc1cc(C)cc(N(CC(=O)N/N=C\c2ccc(OCC(=O)NCCc3ccccc3)cc2)S(=O)(=O)c2ccccc2)c1. The number of hydrogen-bond donors (Lipinski definition) is 2. The number of carbonyl (C=O) groups excluding carboxylic acids is 2. The molecule has 0 aromatic heterocycles. The summed E-state index contributed by atoms with van der Waals surface area (Å²) in [6.07, 6.45) is 2.18. The molecule has 0 aliphatic rings. The summed E-state index contributed by atoms with van der Waals surface area (Å²) in [5, 5.41) is 6.82. The fourth-order valence-corrected chi connectivity index (χ4v) is 5.74. The second-order valence-electron chi connectivity index (χ2n) is 9.91. The number of benzene rings is 4. The third kappa shape index (κ3) is 9.27. The Bertz CT molecular complexity index is 1640. The molecule has 0 unspecified atom stereocenters. The average molecular weight is 599 g/mol. The molecule has 0 aliphatic carbocycles. The number of hydrogen-bond acceptors (Lipinski definition) is 6. The molecule has 222 valence electrons. The summed E-state index contributed by atoms with van der Waals surface area (Å²) in [6.45, 7) is 3.69. The van der Waals surface area contributed by atoms with E-state index in [-0.39, 0.29) is 17.4 Å². The maximum Gasteiger partial charge on any atom is 0.264 e. The molecular formula is C33H34N4O5S. The molecule has 0 spiro atoms. The number of sulfonamides is 1. The van der Waals surface area contributed by atoms with Crippen LogP contribution in [0.4, 0.5) is 5.69 Å². The summed E-state index contributed by atoms with van der Waals surface area (Å²) >= 11 is 0.